The second-order valence-electron chi connectivity index (χ2n) is 4.71. The van der Waals surface area contributed by atoms with E-state index in [1.807, 2.05) is 38.1 Å². The van der Waals surface area contributed by atoms with Gasteiger partial charge >= 0.3 is 0 Å². The highest BCUT2D eigenvalue weighted by molar-refractivity contribution is 6.06. The summed E-state index contributed by atoms with van der Waals surface area (Å²) in [5, 5.41) is 2.83. The van der Waals surface area contributed by atoms with Gasteiger partial charge in [-0.3, -0.25) is 4.79 Å². The number of nitrogens with one attached hydrogen (secondary N) is 1. The van der Waals surface area contributed by atoms with E-state index in [4.69, 9.17) is 8.83 Å². The van der Waals surface area contributed by atoms with E-state index in [1.54, 1.807) is 12.1 Å². The zero-order chi connectivity index (χ0) is 14.8. The highest BCUT2D eigenvalue weighted by Crippen LogP contribution is 2.26. The number of carbonyl (C=O) groups is 1. The molecule has 0 bridgehead atoms. The monoisotopic (exact) mass is 282 g/mol. The molecule has 1 N–H and O–H groups in total. The van der Waals surface area contributed by atoms with Crippen molar-refractivity contribution in [3.8, 4) is 11.5 Å². The van der Waals surface area contributed by atoms with Crippen LogP contribution in [0.5, 0.6) is 0 Å². The van der Waals surface area contributed by atoms with Crippen molar-refractivity contribution in [2.24, 2.45) is 0 Å². The number of hydrogen-bond donors (Lipinski definition) is 1. The molecule has 0 saturated carbocycles. The number of amides is 1. The largest absolute Gasteiger partial charge is 0.458 e. The Kier molecular flexibility index (Phi) is 3.31. The number of carbonyl (C=O) groups excluding carboxylic acids is 1. The van der Waals surface area contributed by atoms with Crippen molar-refractivity contribution in [2.75, 3.05) is 5.32 Å². The first-order valence-electron chi connectivity index (χ1n) is 6.52. The lowest BCUT2D eigenvalue weighted by Gasteiger charge is -2.06. The maximum absolute atomic E-state index is 12.4. The highest BCUT2D eigenvalue weighted by atomic mass is 16.4. The van der Waals surface area contributed by atoms with Crippen molar-refractivity contribution >= 4 is 11.6 Å². The number of aryl methyl sites for hydroxylation is 2. The second kappa shape index (κ2) is 5.28. The molecule has 21 heavy (non-hydrogen) atoms. The van der Waals surface area contributed by atoms with Crippen LogP contribution < -0.4 is 5.32 Å². The Labute approximate surface area is 121 Å². The molecule has 0 radical (unpaired) electrons. The van der Waals surface area contributed by atoms with Crippen LogP contribution in [0.3, 0.4) is 0 Å². The highest BCUT2D eigenvalue weighted by Gasteiger charge is 2.21. The number of para-hydroxylation sites is 1. The first kappa shape index (κ1) is 13.2. The van der Waals surface area contributed by atoms with Crippen LogP contribution in [-0.4, -0.2) is 10.9 Å². The third kappa shape index (κ3) is 2.58. The number of benzene rings is 1. The molecule has 0 aliphatic rings. The number of aromatic nitrogens is 1. The number of hydrogen-bond acceptors (Lipinski definition) is 4. The van der Waals surface area contributed by atoms with Crippen LogP contribution in [0.25, 0.3) is 11.5 Å². The fraction of sp³-hybridized carbons (Fsp3) is 0.125. The molecule has 0 spiro atoms. The van der Waals surface area contributed by atoms with Gasteiger partial charge in [0.1, 0.15) is 5.76 Å². The lowest BCUT2D eigenvalue weighted by atomic mass is 10.2. The first-order chi connectivity index (χ1) is 10.1. The smallest absolute Gasteiger partial charge is 0.278 e. The van der Waals surface area contributed by atoms with Gasteiger partial charge in [-0.25, -0.2) is 4.98 Å². The molecule has 1 aromatic carbocycles. The molecule has 5 nitrogen and oxygen atoms in total. The minimum absolute atomic E-state index is 0.201. The first-order valence-corrected chi connectivity index (χ1v) is 6.52. The summed E-state index contributed by atoms with van der Waals surface area (Å²) in [6.07, 6.45) is 1.24. The van der Waals surface area contributed by atoms with E-state index >= 15 is 0 Å². The molecule has 0 saturated heterocycles. The minimum atomic E-state index is -0.331. The molecule has 0 atom stereocenters. The van der Waals surface area contributed by atoms with Crippen LogP contribution in [0.2, 0.25) is 0 Å². The Morgan fingerprint density at radius 2 is 1.95 bits per heavy atom. The van der Waals surface area contributed by atoms with E-state index in [1.165, 1.54) is 6.39 Å². The number of nitrogens with zero attached hydrogens (tertiary/aromatic N) is 1. The molecule has 5 heteroatoms. The molecule has 106 valence electrons. The van der Waals surface area contributed by atoms with Gasteiger partial charge in [0.15, 0.2) is 17.8 Å². The standard InChI is InChI=1S/C16H14N2O3/c1-10-5-3-4-6-12(10)18-16(19)14-15(20-9-17-14)13-8-7-11(2)21-13/h3-9H,1-2H3,(H,18,19). The summed E-state index contributed by atoms with van der Waals surface area (Å²) in [5.74, 6) is 1.22. The second-order valence-corrected chi connectivity index (χ2v) is 4.71. The van der Waals surface area contributed by atoms with Crippen LogP contribution >= 0.6 is 0 Å². The molecule has 3 aromatic rings. The summed E-state index contributed by atoms with van der Waals surface area (Å²) in [7, 11) is 0. The van der Waals surface area contributed by atoms with Crippen molar-refractivity contribution in [1.29, 1.82) is 0 Å². The SMILES string of the molecule is Cc1ccc(-c2ocnc2C(=O)Nc2ccccc2C)o1. The summed E-state index contributed by atoms with van der Waals surface area (Å²) < 4.78 is 10.8. The molecule has 0 unspecified atom stereocenters. The molecule has 0 fully saturated rings. The normalized spacial score (nSPS) is 10.6. The summed E-state index contributed by atoms with van der Waals surface area (Å²) in [5.41, 5.74) is 1.92. The van der Waals surface area contributed by atoms with Crippen molar-refractivity contribution in [2.45, 2.75) is 13.8 Å². The number of furan rings is 1. The van der Waals surface area contributed by atoms with Gasteiger partial charge < -0.3 is 14.2 Å². The van der Waals surface area contributed by atoms with Crippen molar-refractivity contribution in [1.82, 2.24) is 4.98 Å². The van der Waals surface area contributed by atoms with Crippen molar-refractivity contribution in [3.63, 3.8) is 0 Å². The third-order valence-electron chi connectivity index (χ3n) is 3.14. The Morgan fingerprint density at radius 1 is 1.14 bits per heavy atom. The van der Waals surface area contributed by atoms with E-state index in [0.29, 0.717) is 11.5 Å². The van der Waals surface area contributed by atoms with Crippen LogP contribution in [0.1, 0.15) is 21.8 Å². The molecule has 2 heterocycles. The van der Waals surface area contributed by atoms with E-state index < -0.39 is 0 Å². The molecular formula is C16H14N2O3. The van der Waals surface area contributed by atoms with Gasteiger partial charge in [0.2, 0.25) is 5.76 Å². The van der Waals surface area contributed by atoms with Gasteiger partial charge in [-0.1, -0.05) is 18.2 Å². The fourth-order valence-corrected chi connectivity index (χ4v) is 2.03. The van der Waals surface area contributed by atoms with Crippen molar-refractivity contribution < 1.29 is 13.6 Å². The Hall–Kier alpha value is -2.82. The lowest BCUT2D eigenvalue weighted by molar-refractivity contribution is 0.102. The van der Waals surface area contributed by atoms with Gasteiger partial charge in [-0.2, -0.15) is 0 Å². The average molecular weight is 282 g/mol. The zero-order valence-corrected chi connectivity index (χ0v) is 11.7. The van der Waals surface area contributed by atoms with Gasteiger partial charge in [-0.15, -0.1) is 0 Å². The molecule has 1 amide bonds. The van der Waals surface area contributed by atoms with Crippen LogP contribution in [0.4, 0.5) is 5.69 Å². The summed E-state index contributed by atoms with van der Waals surface area (Å²) in [6.45, 7) is 3.75. The lowest BCUT2D eigenvalue weighted by Crippen LogP contribution is -2.14. The zero-order valence-electron chi connectivity index (χ0n) is 11.7. The topological polar surface area (TPSA) is 68.3 Å². The average Bonchev–Trinajstić information content (AvgIpc) is 3.09. The third-order valence-corrected chi connectivity index (χ3v) is 3.14. The fourth-order valence-electron chi connectivity index (χ4n) is 2.03. The number of rotatable bonds is 3. The van der Waals surface area contributed by atoms with Gasteiger partial charge in [0.05, 0.1) is 0 Å². The van der Waals surface area contributed by atoms with Crippen molar-refractivity contribution in [3.05, 3.63) is 59.8 Å². The van der Waals surface area contributed by atoms with E-state index in [0.717, 1.165) is 17.0 Å². The summed E-state index contributed by atoms with van der Waals surface area (Å²) >= 11 is 0. The predicted octanol–water partition coefficient (Wildman–Crippen LogP) is 3.80. The molecular weight excluding hydrogens is 268 g/mol. The molecule has 0 aliphatic heterocycles. The van der Waals surface area contributed by atoms with Crippen LogP contribution in [0.15, 0.2) is 51.6 Å². The Bertz CT molecular complexity index is 786. The van der Waals surface area contributed by atoms with Gasteiger partial charge in [0, 0.05) is 5.69 Å². The minimum Gasteiger partial charge on any atom is -0.458 e. The molecule has 3 rings (SSSR count). The Morgan fingerprint density at radius 3 is 2.67 bits per heavy atom. The maximum atomic E-state index is 12.4. The quantitative estimate of drug-likeness (QED) is 0.793. The summed E-state index contributed by atoms with van der Waals surface area (Å²) in [6, 6.07) is 11.1. The predicted molar refractivity (Wildman–Crippen MR) is 78.1 cm³/mol. The van der Waals surface area contributed by atoms with Crippen LogP contribution in [-0.2, 0) is 0 Å². The molecule has 0 aliphatic carbocycles. The Balaban J connectivity index is 1.90. The van der Waals surface area contributed by atoms with Gasteiger partial charge in [0.25, 0.3) is 5.91 Å². The number of anilines is 1. The molecule has 2 aromatic heterocycles. The maximum Gasteiger partial charge on any atom is 0.278 e. The van der Waals surface area contributed by atoms with Gasteiger partial charge in [-0.05, 0) is 37.6 Å². The van der Waals surface area contributed by atoms with E-state index in [2.05, 4.69) is 10.3 Å². The van der Waals surface area contributed by atoms with E-state index in [9.17, 15) is 4.79 Å². The van der Waals surface area contributed by atoms with Crippen LogP contribution in [0, 0.1) is 13.8 Å². The van der Waals surface area contributed by atoms with E-state index in [-0.39, 0.29) is 11.6 Å². The number of oxazole rings is 1. The summed E-state index contributed by atoms with van der Waals surface area (Å²) in [4.78, 5) is 16.3.